The molecule has 0 bridgehead atoms. The lowest BCUT2D eigenvalue weighted by atomic mass is 10.2. The summed E-state index contributed by atoms with van der Waals surface area (Å²) >= 11 is 1.24. The molecule has 0 aliphatic carbocycles. The van der Waals surface area contributed by atoms with Crippen molar-refractivity contribution in [1.29, 1.82) is 0 Å². The molecule has 2 rings (SSSR count). The van der Waals surface area contributed by atoms with Gasteiger partial charge in [0, 0.05) is 17.0 Å². The number of hydrogen-bond acceptors (Lipinski definition) is 4. The SMILES string of the molecule is Cc1ccc(NC(=O)C(C)Sc2ccc([N+](=O)[O-])cc2)c(F)c1. The van der Waals surface area contributed by atoms with Gasteiger partial charge in [0.1, 0.15) is 5.82 Å². The standard InChI is InChI=1S/C16H15FN2O3S/c1-10-3-8-15(14(17)9-10)18-16(20)11(2)23-13-6-4-12(5-7-13)19(21)22/h3-9,11H,1-2H3,(H,18,20). The first-order valence-electron chi connectivity index (χ1n) is 6.85. The van der Waals surface area contributed by atoms with Crippen LogP contribution in [-0.2, 0) is 4.79 Å². The van der Waals surface area contributed by atoms with Gasteiger partial charge < -0.3 is 5.32 Å². The van der Waals surface area contributed by atoms with Gasteiger partial charge >= 0.3 is 0 Å². The van der Waals surface area contributed by atoms with Crippen LogP contribution in [0.25, 0.3) is 0 Å². The first-order chi connectivity index (χ1) is 10.9. The third-order valence-electron chi connectivity index (χ3n) is 3.11. The van der Waals surface area contributed by atoms with Gasteiger partial charge in [0.25, 0.3) is 5.69 Å². The molecule has 0 aliphatic heterocycles. The van der Waals surface area contributed by atoms with Gasteiger partial charge in [-0.25, -0.2) is 4.39 Å². The van der Waals surface area contributed by atoms with Crippen LogP contribution in [0.4, 0.5) is 15.8 Å². The smallest absolute Gasteiger partial charge is 0.269 e. The van der Waals surface area contributed by atoms with Crippen molar-refractivity contribution in [2.45, 2.75) is 24.0 Å². The van der Waals surface area contributed by atoms with E-state index in [1.54, 1.807) is 32.0 Å². The van der Waals surface area contributed by atoms with Crippen LogP contribution in [0.2, 0.25) is 0 Å². The maximum Gasteiger partial charge on any atom is 0.269 e. The van der Waals surface area contributed by atoms with E-state index in [2.05, 4.69) is 5.32 Å². The molecule has 0 fully saturated rings. The summed E-state index contributed by atoms with van der Waals surface area (Å²) in [5, 5.41) is 12.7. The van der Waals surface area contributed by atoms with Gasteiger partial charge in [-0.1, -0.05) is 6.07 Å². The Hall–Kier alpha value is -2.41. The second kappa shape index (κ2) is 7.23. The van der Waals surface area contributed by atoms with Gasteiger partial charge in [-0.15, -0.1) is 11.8 Å². The Labute approximate surface area is 137 Å². The Morgan fingerprint density at radius 2 is 1.91 bits per heavy atom. The number of halogens is 1. The highest BCUT2D eigenvalue weighted by atomic mass is 32.2. The van der Waals surface area contributed by atoms with E-state index in [1.165, 1.54) is 36.0 Å². The first kappa shape index (κ1) is 17.0. The lowest BCUT2D eigenvalue weighted by molar-refractivity contribution is -0.384. The molecule has 0 saturated carbocycles. The highest BCUT2D eigenvalue weighted by Crippen LogP contribution is 2.26. The largest absolute Gasteiger partial charge is 0.323 e. The highest BCUT2D eigenvalue weighted by molar-refractivity contribution is 8.00. The zero-order valence-electron chi connectivity index (χ0n) is 12.6. The number of thioether (sulfide) groups is 1. The van der Waals surface area contributed by atoms with E-state index in [0.717, 1.165) is 10.5 Å². The fraction of sp³-hybridized carbons (Fsp3) is 0.188. The fourth-order valence-electron chi connectivity index (χ4n) is 1.86. The third kappa shape index (κ3) is 4.53. The molecule has 7 heteroatoms. The Morgan fingerprint density at radius 1 is 1.26 bits per heavy atom. The van der Waals surface area contributed by atoms with Crippen LogP contribution in [0.1, 0.15) is 12.5 Å². The third-order valence-corrected chi connectivity index (χ3v) is 4.22. The molecular weight excluding hydrogens is 319 g/mol. The minimum absolute atomic E-state index is 0.00631. The van der Waals surface area contributed by atoms with Crippen LogP contribution in [0.3, 0.4) is 0 Å². The second-order valence-electron chi connectivity index (χ2n) is 4.98. The van der Waals surface area contributed by atoms with E-state index in [0.29, 0.717) is 0 Å². The Kier molecular flexibility index (Phi) is 5.33. The normalized spacial score (nSPS) is 11.8. The van der Waals surface area contributed by atoms with Crippen LogP contribution in [-0.4, -0.2) is 16.1 Å². The molecule has 0 saturated heterocycles. The molecule has 0 radical (unpaired) electrons. The number of carbonyl (C=O) groups is 1. The molecule has 0 spiro atoms. The van der Waals surface area contributed by atoms with Gasteiger partial charge in [0.15, 0.2) is 0 Å². The van der Waals surface area contributed by atoms with Crippen molar-refractivity contribution in [1.82, 2.24) is 0 Å². The summed E-state index contributed by atoms with van der Waals surface area (Å²) in [7, 11) is 0. The molecule has 1 N–H and O–H groups in total. The molecule has 1 unspecified atom stereocenters. The highest BCUT2D eigenvalue weighted by Gasteiger charge is 2.16. The molecule has 23 heavy (non-hydrogen) atoms. The number of non-ortho nitro benzene ring substituents is 1. The summed E-state index contributed by atoms with van der Waals surface area (Å²) in [6.45, 7) is 3.45. The summed E-state index contributed by atoms with van der Waals surface area (Å²) in [6, 6.07) is 10.5. The number of nitro groups is 1. The van der Waals surface area contributed by atoms with Crippen molar-refractivity contribution in [3.8, 4) is 0 Å². The quantitative estimate of drug-likeness (QED) is 0.506. The molecule has 1 atom stereocenters. The number of hydrogen-bond donors (Lipinski definition) is 1. The average Bonchev–Trinajstić information content (AvgIpc) is 2.50. The van der Waals surface area contributed by atoms with E-state index in [9.17, 15) is 19.3 Å². The van der Waals surface area contributed by atoms with Gasteiger partial charge in [0.05, 0.1) is 15.9 Å². The maximum absolute atomic E-state index is 13.7. The lowest BCUT2D eigenvalue weighted by Crippen LogP contribution is -2.22. The zero-order chi connectivity index (χ0) is 17.0. The number of nitro benzene ring substituents is 1. The number of carbonyl (C=O) groups excluding carboxylic acids is 1. The number of anilines is 1. The number of rotatable bonds is 5. The van der Waals surface area contributed by atoms with Crippen molar-refractivity contribution in [3.05, 3.63) is 64.0 Å². The molecule has 0 heterocycles. The monoisotopic (exact) mass is 334 g/mol. The molecule has 2 aromatic rings. The van der Waals surface area contributed by atoms with Gasteiger partial charge in [0.2, 0.25) is 5.91 Å². The number of amides is 1. The molecule has 0 aliphatic rings. The van der Waals surface area contributed by atoms with Gasteiger partial charge in [-0.3, -0.25) is 14.9 Å². The summed E-state index contributed by atoms with van der Waals surface area (Å²) < 4.78 is 13.7. The predicted octanol–water partition coefficient (Wildman–Crippen LogP) is 4.16. The number of benzene rings is 2. The zero-order valence-corrected chi connectivity index (χ0v) is 13.4. The van der Waals surface area contributed by atoms with E-state index in [4.69, 9.17) is 0 Å². The van der Waals surface area contributed by atoms with Gasteiger partial charge in [-0.2, -0.15) is 0 Å². The summed E-state index contributed by atoms with van der Waals surface area (Å²) in [4.78, 5) is 23.0. The first-order valence-corrected chi connectivity index (χ1v) is 7.73. The summed E-state index contributed by atoms with van der Waals surface area (Å²) in [6.07, 6.45) is 0. The van der Waals surface area contributed by atoms with Crippen LogP contribution in [0.15, 0.2) is 47.4 Å². The number of aryl methyl sites for hydroxylation is 1. The fourth-order valence-corrected chi connectivity index (χ4v) is 2.73. The van der Waals surface area contributed by atoms with Crippen LogP contribution in [0.5, 0.6) is 0 Å². The molecule has 5 nitrogen and oxygen atoms in total. The second-order valence-corrected chi connectivity index (χ2v) is 6.40. The molecular formula is C16H15FN2O3S. The van der Waals surface area contributed by atoms with E-state index in [-0.39, 0.29) is 17.3 Å². The molecule has 1 amide bonds. The Morgan fingerprint density at radius 3 is 2.48 bits per heavy atom. The van der Waals surface area contributed by atoms with Crippen molar-refractivity contribution >= 4 is 29.0 Å². The Bertz CT molecular complexity index is 735. The van der Waals surface area contributed by atoms with Crippen molar-refractivity contribution in [2.24, 2.45) is 0 Å². The van der Waals surface area contributed by atoms with Gasteiger partial charge in [-0.05, 0) is 43.7 Å². The summed E-state index contributed by atoms with van der Waals surface area (Å²) in [5.41, 5.74) is 0.902. The van der Waals surface area contributed by atoms with Crippen LogP contribution >= 0.6 is 11.8 Å². The Balaban J connectivity index is 2.00. The number of nitrogens with zero attached hydrogens (tertiary/aromatic N) is 1. The van der Waals surface area contributed by atoms with Crippen molar-refractivity contribution in [3.63, 3.8) is 0 Å². The predicted molar refractivity (Wildman–Crippen MR) is 88.2 cm³/mol. The molecule has 0 aromatic heterocycles. The van der Waals surface area contributed by atoms with E-state index in [1.807, 2.05) is 0 Å². The topological polar surface area (TPSA) is 72.2 Å². The number of nitrogens with one attached hydrogen (secondary N) is 1. The molecule has 2 aromatic carbocycles. The minimum atomic E-state index is -0.481. The van der Waals surface area contributed by atoms with Crippen molar-refractivity contribution in [2.75, 3.05) is 5.32 Å². The van der Waals surface area contributed by atoms with E-state index < -0.39 is 16.0 Å². The molecule has 120 valence electrons. The van der Waals surface area contributed by atoms with Crippen LogP contribution < -0.4 is 5.32 Å². The average molecular weight is 334 g/mol. The van der Waals surface area contributed by atoms with E-state index >= 15 is 0 Å². The maximum atomic E-state index is 13.7. The van der Waals surface area contributed by atoms with Crippen LogP contribution in [0, 0.1) is 22.9 Å². The minimum Gasteiger partial charge on any atom is -0.323 e. The van der Waals surface area contributed by atoms with Crippen molar-refractivity contribution < 1.29 is 14.1 Å². The lowest BCUT2D eigenvalue weighted by Gasteiger charge is -2.12. The summed E-state index contributed by atoms with van der Waals surface area (Å²) in [5.74, 6) is -0.818.